The van der Waals surface area contributed by atoms with Crippen LogP contribution in [0.3, 0.4) is 0 Å². The molecule has 0 atom stereocenters. The lowest BCUT2D eigenvalue weighted by Crippen LogP contribution is -2.17. The summed E-state index contributed by atoms with van der Waals surface area (Å²) < 4.78 is 0. The molecule has 0 radical (unpaired) electrons. The van der Waals surface area contributed by atoms with E-state index < -0.39 is 0 Å². The second kappa shape index (κ2) is 5.32. The molecule has 1 N–H and O–H groups in total. The summed E-state index contributed by atoms with van der Waals surface area (Å²) >= 11 is 0. The Balaban J connectivity index is 1.71. The normalized spacial score (nSPS) is 15.5. The molecule has 0 aromatic heterocycles. The Hall–Kier alpha value is -0.820. The zero-order valence-electron chi connectivity index (χ0n) is 9.63. The van der Waals surface area contributed by atoms with Gasteiger partial charge in [0.2, 0.25) is 0 Å². The van der Waals surface area contributed by atoms with E-state index in [0.29, 0.717) is 0 Å². The van der Waals surface area contributed by atoms with Crippen molar-refractivity contribution in [3.05, 3.63) is 35.4 Å². The van der Waals surface area contributed by atoms with E-state index >= 15 is 0 Å². The van der Waals surface area contributed by atoms with Crippen molar-refractivity contribution in [2.45, 2.75) is 45.1 Å². The van der Waals surface area contributed by atoms with Gasteiger partial charge >= 0.3 is 0 Å². The van der Waals surface area contributed by atoms with Crippen LogP contribution in [0.15, 0.2) is 24.3 Å². The van der Waals surface area contributed by atoms with Crippen LogP contribution in [-0.4, -0.2) is 12.6 Å². The van der Waals surface area contributed by atoms with Crippen LogP contribution >= 0.6 is 0 Å². The van der Waals surface area contributed by atoms with Gasteiger partial charge in [-0.25, -0.2) is 0 Å². The van der Waals surface area contributed by atoms with Crippen LogP contribution in [0.1, 0.15) is 37.3 Å². The topological polar surface area (TPSA) is 12.0 Å². The molecule has 1 fully saturated rings. The van der Waals surface area contributed by atoms with Crippen LogP contribution < -0.4 is 5.32 Å². The monoisotopic (exact) mass is 203 g/mol. The molecule has 15 heavy (non-hydrogen) atoms. The maximum atomic E-state index is 3.56. The summed E-state index contributed by atoms with van der Waals surface area (Å²) in [5, 5.41) is 3.56. The van der Waals surface area contributed by atoms with Crippen LogP contribution in [0.4, 0.5) is 0 Å². The smallest absolute Gasteiger partial charge is 0.00682 e. The Labute approximate surface area is 92.9 Å². The Kier molecular flexibility index (Phi) is 3.79. The van der Waals surface area contributed by atoms with Crippen LogP contribution in [0.2, 0.25) is 0 Å². The first-order chi connectivity index (χ1) is 7.38. The van der Waals surface area contributed by atoms with Gasteiger partial charge in [-0.2, -0.15) is 0 Å². The van der Waals surface area contributed by atoms with Gasteiger partial charge in [-0.05, 0) is 49.8 Å². The van der Waals surface area contributed by atoms with Gasteiger partial charge in [0.25, 0.3) is 0 Å². The molecule has 2 rings (SSSR count). The first kappa shape index (κ1) is 10.7. The van der Waals surface area contributed by atoms with E-state index in [2.05, 4.69) is 36.5 Å². The van der Waals surface area contributed by atoms with Crippen molar-refractivity contribution < 1.29 is 0 Å². The van der Waals surface area contributed by atoms with Gasteiger partial charge in [0, 0.05) is 6.04 Å². The van der Waals surface area contributed by atoms with E-state index in [1.165, 1.54) is 43.4 Å². The third-order valence-electron chi connectivity index (χ3n) is 3.05. The average molecular weight is 203 g/mol. The first-order valence-corrected chi connectivity index (χ1v) is 6.19. The lowest BCUT2D eigenvalue weighted by Gasteiger charge is -2.04. The van der Waals surface area contributed by atoms with Gasteiger partial charge in [0.05, 0.1) is 0 Å². The summed E-state index contributed by atoms with van der Waals surface area (Å²) in [5.41, 5.74) is 2.95. The van der Waals surface area contributed by atoms with Crippen molar-refractivity contribution in [1.29, 1.82) is 0 Å². The standard InChI is InChI=1S/C14H21N/c1-2-12-5-3-6-13(11-12)7-4-10-15-14-8-9-14/h3,5-6,11,14-15H,2,4,7-10H2,1H3. The molecule has 0 saturated heterocycles. The van der Waals surface area contributed by atoms with Gasteiger partial charge in [-0.15, -0.1) is 0 Å². The van der Waals surface area contributed by atoms with Crippen molar-refractivity contribution in [2.24, 2.45) is 0 Å². The van der Waals surface area contributed by atoms with Crippen molar-refractivity contribution in [1.82, 2.24) is 5.32 Å². The minimum Gasteiger partial charge on any atom is -0.314 e. The Bertz CT molecular complexity index is 302. The van der Waals surface area contributed by atoms with E-state index in [1.54, 1.807) is 0 Å². The Morgan fingerprint density at radius 3 is 2.80 bits per heavy atom. The zero-order valence-corrected chi connectivity index (χ0v) is 9.63. The minimum atomic E-state index is 0.854. The molecular formula is C14H21N. The predicted octanol–water partition coefficient (Wildman–Crippen LogP) is 2.93. The molecule has 82 valence electrons. The molecule has 0 aliphatic heterocycles. The third kappa shape index (κ3) is 3.67. The van der Waals surface area contributed by atoms with Crippen molar-refractivity contribution in [3.8, 4) is 0 Å². The number of aryl methyl sites for hydroxylation is 2. The van der Waals surface area contributed by atoms with Gasteiger partial charge < -0.3 is 5.32 Å². The van der Waals surface area contributed by atoms with Gasteiger partial charge in [0.1, 0.15) is 0 Å². The van der Waals surface area contributed by atoms with Gasteiger partial charge in [-0.1, -0.05) is 31.2 Å². The third-order valence-corrected chi connectivity index (χ3v) is 3.05. The number of rotatable bonds is 6. The first-order valence-electron chi connectivity index (χ1n) is 6.19. The summed E-state index contributed by atoms with van der Waals surface area (Å²) in [6.07, 6.45) is 6.42. The maximum Gasteiger partial charge on any atom is 0.00682 e. The zero-order chi connectivity index (χ0) is 10.5. The lowest BCUT2D eigenvalue weighted by atomic mass is 10.1. The van der Waals surface area contributed by atoms with E-state index in [4.69, 9.17) is 0 Å². The Morgan fingerprint density at radius 2 is 2.07 bits per heavy atom. The summed E-state index contributed by atoms with van der Waals surface area (Å²) in [5.74, 6) is 0. The highest BCUT2D eigenvalue weighted by atomic mass is 14.9. The molecule has 0 bridgehead atoms. The molecule has 1 aliphatic rings. The number of benzene rings is 1. The van der Waals surface area contributed by atoms with Crippen molar-refractivity contribution >= 4 is 0 Å². The predicted molar refractivity (Wildman–Crippen MR) is 65.2 cm³/mol. The maximum absolute atomic E-state index is 3.56. The number of nitrogens with one attached hydrogen (secondary N) is 1. The molecule has 0 amide bonds. The summed E-state index contributed by atoms with van der Waals surface area (Å²) in [4.78, 5) is 0. The van der Waals surface area contributed by atoms with Crippen LogP contribution in [-0.2, 0) is 12.8 Å². The van der Waals surface area contributed by atoms with Crippen LogP contribution in [0, 0.1) is 0 Å². The molecule has 1 saturated carbocycles. The van der Waals surface area contributed by atoms with E-state index in [9.17, 15) is 0 Å². The molecule has 1 nitrogen and oxygen atoms in total. The number of hydrogen-bond donors (Lipinski definition) is 1. The van der Waals surface area contributed by atoms with E-state index in [0.717, 1.165) is 12.5 Å². The molecule has 0 unspecified atom stereocenters. The van der Waals surface area contributed by atoms with Gasteiger partial charge in [-0.3, -0.25) is 0 Å². The minimum absolute atomic E-state index is 0.854. The molecular weight excluding hydrogens is 182 g/mol. The van der Waals surface area contributed by atoms with Crippen LogP contribution in [0.5, 0.6) is 0 Å². The second-order valence-corrected chi connectivity index (χ2v) is 4.51. The highest BCUT2D eigenvalue weighted by Gasteiger charge is 2.19. The SMILES string of the molecule is CCc1cccc(CCCNC2CC2)c1. The van der Waals surface area contributed by atoms with Crippen molar-refractivity contribution in [3.63, 3.8) is 0 Å². The highest BCUT2D eigenvalue weighted by molar-refractivity contribution is 5.23. The molecule has 0 heterocycles. The summed E-state index contributed by atoms with van der Waals surface area (Å²) in [6, 6.07) is 9.84. The molecule has 1 aromatic rings. The number of hydrogen-bond acceptors (Lipinski definition) is 1. The van der Waals surface area contributed by atoms with Gasteiger partial charge in [0.15, 0.2) is 0 Å². The lowest BCUT2D eigenvalue weighted by molar-refractivity contribution is 0.645. The highest BCUT2D eigenvalue weighted by Crippen LogP contribution is 2.18. The molecule has 1 heteroatoms. The fourth-order valence-electron chi connectivity index (χ4n) is 1.89. The van der Waals surface area contributed by atoms with E-state index in [-0.39, 0.29) is 0 Å². The fraction of sp³-hybridized carbons (Fsp3) is 0.571. The summed E-state index contributed by atoms with van der Waals surface area (Å²) in [6.45, 7) is 3.40. The fourth-order valence-corrected chi connectivity index (χ4v) is 1.89. The largest absolute Gasteiger partial charge is 0.314 e. The molecule has 1 aromatic carbocycles. The Morgan fingerprint density at radius 1 is 1.27 bits per heavy atom. The van der Waals surface area contributed by atoms with E-state index in [1.807, 2.05) is 0 Å². The average Bonchev–Trinajstić information content (AvgIpc) is 3.09. The quantitative estimate of drug-likeness (QED) is 0.701. The molecule has 0 spiro atoms. The van der Waals surface area contributed by atoms with Crippen LogP contribution in [0.25, 0.3) is 0 Å². The van der Waals surface area contributed by atoms with Crippen molar-refractivity contribution in [2.75, 3.05) is 6.54 Å². The summed E-state index contributed by atoms with van der Waals surface area (Å²) in [7, 11) is 0. The molecule has 1 aliphatic carbocycles. The second-order valence-electron chi connectivity index (χ2n) is 4.51.